The zero-order valence-electron chi connectivity index (χ0n) is 10.1. The Balaban J connectivity index is 2.09. The molecule has 5 heteroatoms. The summed E-state index contributed by atoms with van der Waals surface area (Å²) in [5.74, 6) is 2.57. The highest BCUT2D eigenvalue weighted by Crippen LogP contribution is 2.39. The maximum absolute atomic E-state index is 5.73. The Labute approximate surface area is 104 Å². The number of aromatic nitrogens is 1. The van der Waals surface area contributed by atoms with Crippen molar-refractivity contribution in [2.45, 2.75) is 13.3 Å². The van der Waals surface area contributed by atoms with Crippen molar-refractivity contribution in [3.8, 4) is 22.8 Å². The van der Waals surface area contributed by atoms with Gasteiger partial charge in [0.25, 0.3) is 0 Å². The molecule has 0 bridgehead atoms. The molecule has 0 radical (unpaired) electrons. The molecule has 94 valence electrons. The van der Waals surface area contributed by atoms with Crippen molar-refractivity contribution in [1.82, 2.24) is 5.16 Å². The van der Waals surface area contributed by atoms with Crippen LogP contribution in [0.25, 0.3) is 11.3 Å². The first-order valence-corrected chi connectivity index (χ1v) is 5.87. The van der Waals surface area contributed by atoms with Gasteiger partial charge in [0.2, 0.25) is 0 Å². The minimum Gasteiger partial charge on any atom is -0.490 e. The first-order chi connectivity index (χ1) is 8.75. The zero-order chi connectivity index (χ0) is 12.5. The molecule has 0 saturated carbocycles. The van der Waals surface area contributed by atoms with E-state index in [2.05, 4.69) is 5.16 Å². The molecule has 3 rings (SSSR count). The van der Waals surface area contributed by atoms with Crippen LogP contribution in [0.15, 0.2) is 22.7 Å². The molecular weight excluding hydrogens is 232 g/mol. The van der Waals surface area contributed by atoms with Crippen molar-refractivity contribution in [2.24, 2.45) is 0 Å². The Bertz CT molecular complexity index is 578. The number of ether oxygens (including phenoxy) is 2. The van der Waals surface area contributed by atoms with Crippen LogP contribution in [-0.4, -0.2) is 18.4 Å². The van der Waals surface area contributed by atoms with E-state index in [1.165, 1.54) is 0 Å². The summed E-state index contributed by atoms with van der Waals surface area (Å²) in [6.07, 6.45) is 0.888. The van der Waals surface area contributed by atoms with Crippen LogP contribution in [-0.2, 0) is 0 Å². The molecule has 1 aliphatic heterocycles. The van der Waals surface area contributed by atoms with Gasteiger partial charge in [-0.1, -0.05) is 5.16 Å². The van der Waals surface area contributed by atoms with Gasteiger partial charge in [-0.25, -0.2) is 0 Å². The standard InChI is InChI=1S/C13H14N2O3/c1-8-9(11-7-12(14)15-18-11)3-4-10-13(8)17-6-2-5-16-10/h3-4,7H,2,5-6H2,1H3,(H2,14,15). The van der Waals surface area contributed by atoms with Crippen molar-refractivity contribution in [3.63, 3.8) is 0 Å². The molecule has 2 heterocycles. The molecule has 2 aromatic rings. The molecule has 0 spiro atoms. The Hall–Kier alpha value is -2.17. The maximum Gasteiger partial charge on any atom is 0.169 e. The number of hydrogen-bond acceptors (Lipinski definition) is 5. The van der Waals surface area contributed by atoms with Crippen LogP contribution in [0.2, 0.25) is 0 Å². The van der Waals surface area contributed by atoms with Crippen LogP contribution >= 0.6 is 0 Å². The van der Waals surface area contributed by atoms with Gasteiger partial charge in [-0.15, -0.1) is 0 Å². The quantitative estimate of drug-likeness (QED) is 0.836. The number of nitrogen functional groups attached to an aromatic ring is 1. The zero-order valence-corrected chi connectivity index (χ0v) is 10.1. The summed E-state index contributed by atoms with van der Waals surface area (Å²) in [6, 6.07) is 5.52. The van der Waals surface area contributed by atoms with E-state index in [-0.39, 0.29) is 0 Å². The van der Waals surface area contributed by atoms with Gasteiger partial charge in [0.05, 0.1) is 13.2 Å². The average Bonchev–Trinajstić information content (AvgIpc) is 2.65. The monoisotopic (exact) mass is 246 g/mol. The third-order valence-corrected chi connectivity index (χ3v) is 2.96. The SMILES string of the molecule is Cc1c(-c2cc(N)no2)ccc2c1OCCCO2. The van der Waals surface area contributed by atoms with Crippen LogP contribution in [0.5, 0.6) is 11.5 Å². The van der Waals surface area contributed by atoms with Crippen molar-refractivity contribution < 1.29 is 14.0 Å². The maximum atomic E-state index is 5.73. The molecule has 0 saturated heterocycles. The third kappa shape index (κ3) is 1.77. The smallest absolute Gasteiger partial charge is 0.169 e. The highest BCUT2D eigenvalue weighted by molar-refractivity contribution is 5.69. The summed E-state index contributed by atoms with van der Waals surface area (Å²) < 4.78 is 16.5. The number of nitrogens with zero attached hydrogens (tertiary/aromatic N) is 1. The second kappa shape index (κ2) is 4.25. The van der Waals surface area contributed by atoms with Gasteiger partial charge in [-0.2, -0.15) is 0 Å². The molecule has 0 atom stereocenters. The first kappa shape index (κ1) is 11.0. The summed E-state index contributed by atoms with van der Waals surface area (Å²) in [4.78, 5) is 0. The number of nitrogens with two attached hydrogens (primary N) is 1. The lowest BCUT2D eigenvalue weighted by atomic mass is 10.0. The summed E-state index contributed by atoms with van der Waals surface area (Å²) in [5, 5.41) is 3.70. The van der Waals surface area contributed by atoms with E-state index in [0.29, 0.717) is 24.8 Å². The van der Waals surface area contributed by atoms with Crippen LogP contribution in [0.4, 0.5) is 5.82 Å². The first-order valence-electron chi connectivity index (χ1n) is 5.87. The molecule has 1 aromatic heterocycles. The normalized spacial score (nSPS) is 14.3. The molecule has 1 aromatic carbocycles. The van der Waals surface area contributed by atoms with Crippen LogP contribution in [0, 0.1) is 6.92 Å². The molecule has 18 heavy (non-hydrogen) atoms. The summed E-state index contributed by atoms with van der Waals surface area (Å²) in [7, 11) is 0. The summed E-state index contributed by atoms with van der Waals surface area (Å²) in [6.45, 7) is 3.32. The van der Waals surface area contributed by atoms with E-state index < -0.39 is 0 Å². The summed E-state index contributed by atoms with van der Waals surface area (Å²) >= 11 is 0. The number of anilines is 1. The Morgan fingerprint density at radius 1 is 1.22 bits per heavy atom. The van der Waals surface area contributed by atoms with E-state index >= 15 is 0 Å². The fourth-order valence-corrected chi connectivity index (χ4v) is 2.06. The molecule has 2 N–H and O–H groups in total. The predicted octanol–water partition coefficient (Wildman–Crippen LogP) is 2.39. The second-order valence-electron chi connectivity index (χ2n) is 4.23. The van der Waals surface area contributed by atoms with Crippen molar-refractivity contribution in [3.05, 3.63) is 23.8 Å². The van der Waals surface area contributed by atoms with E-state index in [9.17, 15) is 0 Å². The highest BCUT2D eigenvalue weighted by atomic mass is 16.5. The average molecular weight is 246 g/mol. The highest BCUT2D eigenvalue weighted by Gasteiger charge is 2.18. The van der Waals surface area contributed by atoms with Crippen LogP contribution < -0.4 is 15.2 Å². The van der Waals surface area contributed by atoms with E-state index in [0.717, 1.165) is 29.0 Å². The van der Waals surface area contributed by atoms with Gasteiger partial charge in [-0.3, -0.25) is 0 Å². The van der Waals surface area contributed by atoms with Gasteiger partial charge in [-0.05, 0) is 19.1 Å². The lowest BCUT2D eigenvalue weighted by Gasteiger charge is -2.12. The van der Waals surface area contributed by atoms with Crippen molar-refractivity contribution in [1.29, 1.82) is 0 Å². The largest absolute Gasteiger partial charge is 0.490 e. The molecular formula is C13H14N2O3. The van der Waals surface area contributed by atoms with Gasteiger partial charge in [0.15, 0.2) is 23.1 Å². The van der Waals surface area contributed by atoms with E-state index in [4.69, 9.17) is 19.7 Å². The molecule has 0 aliphatic carbocycles. The van der Waals surface area contributed by atoms with E-state index in [1.807, 2.05) is 19.1 Å². The minimum atomic E-state index is 0.372. The fourth-order valence-electron chi connectivity index (χ4n) is 2.06. The van der Waals surface area contributed by atoms with Crippen molar-refractivity contribution in [2.75, 3.05) is 18.9 Å². The Morgan fingerprint density at radius 2 is 2.06 bits per heavy atom. The Morgan fingerprint density at radius 3 is 2.83 bits per heavy atom. The number of fused-ring (bicyclic) bond motifs is 1. The topological polar surface area (TPSA) is 70.5 Å². The van der Waals surface area contributed by atoms with Crippen LogP contribution in [0.1, 0.15) is 12.0 Å². The van der Waals surface area contributed by atoms with Gasteiger partial charge >= 0.3 is 0 Å². The molecule has 5 nitrogen and oxygen atoms in total. The number of benzene rings is 1. The molecule has 1 aliphatic rings. The van der Waals surface area contributed by atoms with E-state index in [1.54, 1.807) is 6.07 Å². The van der Waals surface area contributed by atoms with Gasteiger partial charge in [0.1, 0.15) is 0 Å². The molecule has 0 fully saturated rings. The number of rotatable bonds is 1. The third-order valence-electron chi connectivity index (χ3n) is 2.96. The van der Waals surface area contributed by atoms with Gasteiger partial charge < -0.3 is 19.7 Å². The molecule has 0 amide bonds. The van der Waals surface area contributed by atoms with Crippen LogP contribution in [0.3, 0.4) is 0 Å². The van der Waals surface area contributed by atoms with Gasteiger partial charge in [0, 0.05) is 23.6 Å². The fraction of sp³-hybridized carbons (Fsp3) is 0.308. The molecule has 0 unspecified atom stereocenters. The second-order valence-corrected chi connectivity index (χ2v) is 4.23. The Kier molecular flexibility index (Phi) is 2.59. The lowest BCUT2D eigenvalue weighted by Crippen LogP contribution is -1.98. The predicted molar refractivity (Wildman–Crippen MR) is 66.7 cm³/mol. The minimum absolute atomic E-state index is 0.372. The van der Waals surface area contributed by atoms with Crippen molar-refractivity contribution >= 4 is 5.82 Å². The lowest BCUT2D eigenvalue weighted by molar-refractivity contribution is 0.296. The summed E-state index contributed by atoms with van der Waals surface area (Å²) in [5.41, 5.74) is 7.47. The number of hydrogen-bond donors (Lipinski definition) is 1.